The molecule has 0 saturated carbocycles. The number of nitrogens with zero attached hydrogens (tertiary/aromatic N) is 2. The van der Waals surface area contributed by atoms with Crippen LogP contribution in [0.5, 0.6) is 0 Å². The van der Waals surface area contributed by atoms with Crippen molar-refractivity contribution < 1.29 is 13.2 Å². The maximum absolute atomic E-state index is 12.2. The van der Waals surface area contributed by atoms with Crippen LogP contribution in [0.3, 0.4) is 0 Å². The van der Waals surface area contributed by atoms with Gasteiger partial charge in [0, 0.05) is 12.2 Å². The van der Waals surface area contributed by atoms with Crippen molar-refractivity contribution in [1.29, 1.82) is 0 Å². The van der Waals surface area contributed by atoms with Crippen LogP contribution in [0.25, 0.3) is 0 Å². The van der Waals surface area contributed by atoms with Gasteiger partial charge in [-0.1, -0.05) is 0 Å². The minimum Gasteiger partial charge on any atom is -0.289 e. The average molecular weight is 220 g/mol. The van der Waals surface area contributed by atoms with Crippen molar-refractivity contribution in [2.75, 3.05) is 5.43 Å². The summed E-state index contributed by atoms with van der Waals surface area (Å²) in [7, 11) is 0. The minimum absolute atomic E-state index is 0.0724. The maximum Gasteiger partial charge on any atom is 0.433 e. The molecule has 1 rings (SSSR count). The van der Waals surface area contributed by atoms with E-state index in [1.54, 1.807) is 0 Å². The second kappa shape index (κ2) is 4.43. The topological polar surface area (TPSA) is 49.8 Å². The Bertz CT molecular complexity index is 324. The smallest absolute Gasteiger partial charge is 0.289 e. The predicted octanol–water partition coefficient (Wildman–Crippen LogP) is 1.82. The van der Waals surface area contributed by atoms with Gasteiger partial charge in [-0.25, -0.2) is 15.4 Å². The molecule has 7 heteroatoms. The van der Waals surface area contributed by atoms with Crippen molar-refractivity contribution in [3.8, 4) is 0 Å². The number of halogens is 3. The van der Waals surface area contributed by atoms with Crippen molar-refractivity contribution in [3.05, 3.63) is 18.0 Å². The third-order valence-corrected chi connectivity index (χ3v) is 1.42. The molecule has 0 aromatic carbocycles. The highest BCUT2D eigenvalue weighted by atomic mass is 19.4. The van der Waals surface area contributed by atoms with Gasteiger partial charge in [0.05, 0.1) is 0 Å². The minimum atomic E-state index is -4.45. The summed E-state index contributed by atoms with van der Waals surface area (Å²) in [5.74, 6) is -0.0986. The fourth-order valence-corrected chi connectivity index (χ4v) is 0.786. The molecule has 84 valence electrons. The molecule has 0 bridgehead atoms. The van der Waals surface area contributed by atoms with Gasteiger partial charge < -0.3 is 0 Å². The lowest BCUT2D eigenvalue weighted by Crippen LogP contribution is -2.30. The van der Waals surface area contributed by atoms with Crippen molar-refractivity contribution in [2.45, 2.75) is 26.1 Å². The van der Waals surface area contributed by atoms with Gasteiger partial charge >= 0.3 is 6.18 Å². The first-order chi connectivity index (χ1) is 6.89. The Hall–Kier alpha value is -1.37. The summed E-state index contributed by atoms with van der Waals surface area (Å²) < 4.78 is 36.7. The fourth-order valence-electron chi connectivity index (χ4n) is 0.786. The Morgan fingerprint density at radius 3 is 2.53 bits per heavy atom. The molecule has 0 radical (unpaired) electrons. The van der Waals surface area contributed by atoms with E-state index in [4.69, 9.17) is 0 Å². The molecule has 1 aromatic heterocycles. The fraction of sp³-hybridized carbons (Fsp3) is 0.500. The number of anilines is 1. The van der Waals surface area contributed by atoms with Crippen molar-refractivity contribution in [3.63, 3.8) is 0 Å². The molecule has 0 fully saturated rings. The molecular formula is C8H11F3N4. The third-order valence-electron chi connectivity index (χ3n) is 1.42. The molecule has 4 nitrogen and oxygen atoms in total. The van der Waals surface area contributed by atoms with Crippen molar-refractivity contribution in [1.82, 2.24) is 15.4 Å². The molecule has 1 heterocycles. The Morgan fingerprint density at radius 2 is 2.00 bits per heavy atom. The lowest BCUT2D eigenvalue weighted by Gasteiger charge is -2.11. The number of hydrazine groups is 1. The van der Waals surface area contributed by atoms with E-state index in [1.807, 2.05) is 13.8 Å². The molecule has 0 unspecified atom stereocenters. The zero-order chi connectivity index (χ0) is 11.5. The first kappa shape index (κ1) is 11.7. The van der Waals surface area contributed by atoms with Crippen LogP contribution in [0.2, 0.25) is 0 Å². The van der Waals surface area contributed by atoms with E-state index >= 15 is 0 Å². The first-order valence-electron chi connectivity index (χ1n) is 4.31. The summed E-state index contributed by atoms with van der Waals surface area (Å²) in [6.07, 6.45) is -3.39. The average Bonchev–Trinajstić information content (AvgIpc) is 2.14. The summed E-state index contributed by atoms with van der Waals surface area (Å²) in [5, 5.41) is 0. The summed E-state index contributed by atoms with van der Waals surface area (Å²) >= 11 is 0. The molecule has 0 spiro atoms. The van der Waals surface area contributed by atoms with Crippen molar-refractivity contribution >= 4 is 5.95 Å². The van der Waals surface area contributed by atoms with Crippen LogP contribution in [0, 0.1) is 0 Å². The molecule has 0 atom stereocenters. The van der Waals surface area contributed by atoms with Crippen LogP contribution < -0.4 is 10.9 Å². The molecule has 2 N–H and O–H groups in total. The SMILES string of the molecule is CC(C)NNc1nccc(C(F)(F)F)n1. The van der Waals surface area contributed by atoms with Gasteiger partial charge in [-0.15, -0.1) is 0 Å². The number of aromatic nitrogens is 2. The van der Waals surface area contributed by atoms with Crippen LogP contribution in [-0.4, -0.2) is 16.0 Å². The summed E-state index contributed by atoms with van der Waals surface area (Å²) in [6.45, 7) is 3.67. The zero-order valence-corrected chi connectivity index (χ0v) is 8.26. The quantitative estimate of drug-likeness (QED) is 0.763. The van der Waals surface area contributed by atoms with Gasteiger partial charge in [0.15, 0.2) is 0 Å². The molecule has 1 aromatic rings. The standard InChI is InChI=1S/C8H11F3N4/c1-5(2)14-15-7-12-4-3-6(13-7)8(9,10)11/h3-5,14H,1-2H3,(H,12,13,15). The lowest BCUT2D eigenvalue weighted by molar-refractivity contribution is -0.141. The highest BCUT2D eigenvalue weighted by Crippen LogP contribution is 2.27. The summed E-state index contributed by atoms with van der Waals surface area (Å²) in [5.41, 5.74) is 4.22. The van der Waals surface area contributed by atoms with E-state index in [2.05, 4.69) is 20.8 Å². The van der Waals surface area contributed by atoms with Gasteiger partial charge in [0.25, 0.3) is 0 Å². The number of nitrogens with one attached hydrogen (secondary N) is 2. The van der Waals surface area contributed by atoms with Crippen molar-refractivity contribution in [2.24, 2.45) is 0 Å². The van der Waals surface area contributed by atoms with Crippen LogP contribution in [-0.2, 0) is 6.18 Å². The Labute approximate surface area is 84.9 Å². The van der Waals surface area contributed by atoms with E-state index in [9.17, 15) is 13.2 Å². The van der Waals surface area contributed by atoms with Gasteiger partial charge in [-0.2, -0.15) is 13.2 Å². The second-order valence-corrected chi connectivity index (χ2v) is 3.19. The van der Waals surface area contributed by atoms with Gasteiger partial charge in [0.1, 0.15) is 5.69 Å². The van der Waals surface area contributed by atoms with E-state index in [-0.39, 0.29) is 12.0 Å². The van der Waals surface area contributed by atoms with Crippen LogP contribution in [0.15, 0.2) is 12.3 Å². The van der Waals surface area contributed by atoms with E-state index < -0.39 is 11.9 Å². The molecular weight excluding hydrogens is 209 g/mol. The molecule has 0 saturated heterocycles. The summed E-state index contributed by atoms with van der Waals surface area (Å²) in [4.78, 5) is 6.95. The normalized spacial score (nSPS) is 11.9. The van der Waals surface area contributed by atoms with E-state index in [0.717, 1.165) is 12.3 Å². The molecule has 0 aliphatic heterocycles. The molecule has 0 aliphatic rings. The largest absolute Gasteiger partial charge is 0.433 e. The van der Waals surface area contributed by atoms with E-state index in [0.29, 0.717) is 0 Å². The highest BCUT2D eigenvalue weighted by Gasteiger charge is 2.32. The predicted molar refractivity (Wildman–Crippen MR) is 48.9 cm³/mol. The number of hydrogen-bond donors (Lipinski definition) is 2. The first-order valence-corrected chi connectivity index (χ1v) is 4.31. The third kappa shape index (κ3) is 3.70. The van der Waals surface area contributed by atoms with E-state index in [1.165, 1.54) is 0 Å². The molecule has 0 amide bonds. The maximum atomic E-state index is 12.2. The van der Waals surface area contributed by atoms with Gasteiger partial charge in [-0.3, -0.25) is 5.43 Å². The Balaban J connectivity index is 2.75. The highest BCUT2D eigenvalue weighted by molar-refractivity contribution is 5.24. The molecule has 15 heavy (non-hydrogen) atoms. The van der Waals surface area contributed by atoms with Crippen LogP contribution in [0.4, 0.5) is 19.1 Å². The second-order valence-electron chi connectivity index (χ2n) is 3.19. The number of alkyl halides is 3. The number of hydrogen-bond acceptors (Lipinski definition) is 4. The van der Waals surface area contributed by atoms with Crippen LogP contribution >= 0.6 is 0 Å². The van der Waals surface area contributed by atoms with Gasteiger partial charge in [-0.05, 0) is 19.9 Å². The Morgan fingerprint density at radius 1 is 1.33 bits per heavy atom. The van der Waals surface area contributed by atoms with Gasteiger partial charge in [0.2, 0.25) is 5.95 Å². The van der Waals surface area contributed by atoms with Crippen LogP contribution in [0.1, 0.15) is 19.5 Å². The lowest BCUT2D eigenvalue weighted by atomic mass is 10.4. The summed E-state index contributed by atoms with van der Waals surface area (Å²) in [6, 6.07) is 0.892. The number of rotatable bonds is 3. The Kier molecular flexibility index (Phi) is 3.46. The molecule has 0 aliphatic carbocycles. The zero-order valence-electron chi connectivity index (χ0n) is 8.26. The monoisotopic (exact) mass is 220 g/mol.